The zero-order valence-electron chi connectivity index (χ0n) is 10.6. The van der Waals surface area contributed by atoms with Gasteiger partial charge in [-0.1, -0.05) is 29.8 Å². The minimum Gasteiger partial charge on any atom is -0.311 e. The first kappa shape index (κ1) is 12.4. The second-order valence-corrected chi connectivity index (χ2v) is 5.62. The summed E-state index contributed by atoms with van der Waals surface area (Å²) in [6.45, 7) is 8.11. The molecular formula is C14H20ClN3. The Balaban J connectivity index is 1.49. The van der Waals surface area contributed by atoms with Crippen LogP contribution in [0.4, 0.5) is 0 Å². The van der Waals surface area contributed by atoms with Crippen LogP contribution in [0, 0.1) is 0 Å². The molecule has 0 amide bonds. The molecule has 4 heteroatoms. The number of benzene rings is 1. The lowest BCUT2D eigenvalue weighted by Crippen LogP contribution is -2.63. The molecule has 1 N–H and O–H groups in total. The summed E-state index contributed by atoms with van der Waals surface area (Å²) in [5.74, 6) is 0. The molecule has 0 radical (unpaired) electrons. The molecule has 0 aromatic heterocycles. The largest absolute Gasteiger partial charge is 0.311 e. The second kappa shape index (κ2) is 5.57. The molecule has 0 spiro atoms. The van der Waals surface area contributed by atoms with Gasteiger partial charge in [-0.25, -0.2) is 0 Å². The van der Waals surface area contributed by atoms with Gasteiger partial charge in [0.05, 0.1) is 0 Å². The lowest BCUT2D eigenvalue weighted by Gasteiger charge is -2.47. The molecule has 3 fully saturated rings. The Hall–Kier alpha value is -0.610. The predicted molar refractivity (Wildman–Crippen MR) is 75.0 cm³/mol. The molecule has 98 valence electrons. The van der Waals surface area contributed by atoms with E-state index in [-0.39, 0.29) is 0 Å². The van der Waals surface area contributed by atoms with Gasteiger partial charge in [0, 0.05) is 56.9 Å². The van der Waals surface area contributed by atoms with Gasteiger partial charge in [-0.15, -0.1) is 0 Å². The first-order valence-corrected chi connectivity index (χ1v) is 7.11. The number of nitrogens with one attached hydrogen (secondary N) is 1. The zero-order valence-corrected chi connectivity index (χ0v) is 11.4. The van der Waals surface area contributed by atoms with Gasteiger partial charge >= 0.3 is 0 Å². The molecule has 1 unspecified atom stereocenters. The minimum absolute atomic E-state index is 0.676. The maximum atomic E-state index is 6.15. The highest BCUT2D eigenvalue weighted by Gasteiger charge is 2.31. The third-order valence-corrected chi connectivity index (χ3v) is 4.41. The van der Waals surface area contributed by atoms with Crippen molar-refractivity contribution in [2.75, 3.05) is 39.3 Å². The predicted octanol–water partition coefficient (Wildman–Crippen LogP) is 1.43. The number of halogens is 1. The molecule has 1 atom stereocenters. The van der Waals surface area contributed by atoms with E-state index in [0.717, 1.165) is 18.1 Å². The van der Waals surface area contributed by atoms with E-state index in [2.05, 4.69) is 21.2 Å². The molecule has 3 aliphatic rings. The van der Waals surface area contributed by atoms with Gasteiger partial charge < -0.3 is 5.32 Å². The van der Waals surface area contributed by atoms with Crippen LogP contribution in [0.2, 0.25) is 5.02 Å². The summed E-state index contributed by atoms with van der Waals surface area (Å²) < 4.78 is 0. The highest BCUT2D eigenvalue weighted by Crippen LogP contribution is 2.16. The molecular weight excluding hydrogens is 246 g/mol. The molecule has 1 aromatic rings. The van der Waals surface area contributed by atoms with Crippen molar-refractivity contribution < 1.29 is 0 Å². The second-order valence-electron chi connectivity index (χ2n) is 5.21. The van der Waals surface area contributed by atoms with Crippen molar-refractivity contribution in [2.45, 2.75) is 12.6 Å². The number of rotatable bonds is 4. The van der Waals surface area contributed by atoms with E-state index in [4.69, 9.17) is 11.6 Å². The van der Waals surface area contributed by atoms with Crippen molar-refractivity contribution >= 4 is 11.6 Å². The fourth-order valence-corrected chi connectivity index (χ4v) is 3.14. The van der Waals surface area contributed by atoms with Crippen LogP contribution in [0.3, 0.4) is 0 Å². The topological polar surface area (TPSA) is 18.5 Å². The molecule has 4 rings (SSSR count). The molecule has 18 heavy (non-hydrogen) atoms. The molecule has 3 nitrogen and oxygen atoms in total. The Kier molecular flexibility index (Phi) is 3.85. The maximum Gasteiger partial charge on any atom is 0.0450 e. The standard InChI is InChI=1S/C14H20ClN3/c15-14-4-2-1-3-12(14)9-16-10-13-11-17-5-7-18(13)8-6-17/h1-4,13,16H,5-11H2. The van der Waals surface area contributed by atoms with Gasteiger partial charge in [-0.2, -0.15) is 0 Å². The Morgan fingerprint density at radius 2 is 1.94 bits per heavy atom. The third kappa shape index (κ3) is 2.69. The zero-order chi connectivity index (χ0) is 12.4. The fourth-order valence-electron chi connectivity index (χ4n) is 2.93. The number of nitrogens with zero attached hydrogens (tertiary/aromatic N) is 2. The van der Waals surface area contributed by atoms with Crippen LogP contribution in [-0.2, 0) is 6.54 Å². The number of hydrogen-bond acceptors (Lipinski definition) is 3. The lowest BCUT2D eigenvalue weighted by atomic mass is 10.1. The van der Waals surface area contributed by atoms with Crippen molar-refractivity contribution in [1.29, 1.82) is 0 Å². The van der Waals surface area contributed by atoms with E-state index in [1.807, 2.05) is 18.2 Å². The van der Waals surface area contributed by atoms with E-state index in [9.17, 15) is 0 Å². The average molecular weight is 266 g/mol. The summed E-state index contributed by atoms with van der Waals surface area (Å²) in [5, 5.41) is 4.40. The first-order chi connectivity index (χ1) is 8.83. The van der Waals surface area contributed by atoms with Gasteiger partial charge in [0.25, 0.3) is 0 Å². The molecule has 2 bridgehead atoms. The quantitative estimate of drug-likeness (QED) is 0.889. The van der Waals surface area contributed by atoms with Gasteiger partial charge in [0.15, 0.2) is 0 Å². The Bertz CT molecular complexity index is 402. The van der Waals surface area contributed by atoms with Crippen LogP contribution >= 0.6 is 11.6 Å². The van der Waals surface area contributed by atoms with E-state index in [1.165, 1.54) is 38.3 Å². The van der Waals surface area contributed by atoms with Gasteiger partial charge in [0.2, 0.25) is 0 Å². The van der Waals surface area contributed by atoms with E-state index in [0.29, 0.717) is 6.04 Å². The summed E-state index contributed by atoms with van der Waals surface area (Å²) in [4.78, 5) is 5.18. The van der Waals surface area contributed by atoms with E-state index in [1.54, 1.807) is 0 Å². The van der Waals surface area contributed by atoms with Crippen LogP contribution in [0.15, 0.2) is 24.3 Å². The summed E-state index contributed by atoms with van der Waals surface area (Å²) in [6.07, 6.45) is 0. The number of piperazine rings is 3. The van der Waals surface area contributed by atoms with Gasteiger partial charge in [-0.3, -0.25) is 9.80 Å². The monoisotopic (exact) mass is 265 g/mol. The summed E-state index contributed by atoms with van der Waals surface area (Å²) in [5.41, 5.74) is 1.19. The highest BCUT2D eigenvalue weighted by atomic mass is 35.5. The number of hydrogen-bond donors (Lipinski definition) is 1. The Morgan fingerprint density at radius 1 is 1.17 bits per heavy atom. The minimum atomic E-state index is 0.676. The SMILES string of the molecule is Clc1ccccc1CNCC1CN2CCN1CC2. The van der Waals surface area contributed by atoms with Crippen molar-refractivity contribution in [3.63, 3.8) is 0 Å². The molecule has 3 heterocycles. The van der Waals surface area contributed by atoms with Gasteiger partial charge in [-0.05, 0) is 11.6 Å². The van der Waals surface area contributed by atoms with Crippen LogP contribution in [0.5, 0.6) is 0 Å². The van der Waals surface area contributed by atoms with E-state index >= 15 is 0 Å². The van der Waals surface area contributed by atoms with Crippen molar-refractivity contribution in [3.8, 4) is 0 Å². The summed E-state index contributed by atoms with van der Waals surface area (Å²) >= 11 is 6.15. The van der Waals surface area contributed by atoms with Crippen molar-refractivity contribution in [2.24, 2.45) is 0 Å². The Morgan fingerprint density at radius 3 is 2.61 bits per heavy atom. The molecule has 3 saturated heterocycles. The van der Waals surface area contributed by atoms with Crippen LogP contribution in [0.25, 0.3) is 0 Å². The normalized spacial score (nSPS) is 30.6. The van der Waals surface area contributed by atoms with Crippen molar-refractivity contribution in [1.82, 2.24) is 15.1 Å². The average Bonchev–Trinajstić information content (AvgIpc) is 2.42. The van der Waals surface area contributed by atoms with Crippen LogP contribution in [-0.4, -0.2) is 55.1 Å². The third-order valence-electron chi connectivity index (χ3n) is 4.05. The van der Waals surface area contributed by atoms with E-state index < -0.39 is 0 Å². The summed E-state index contributed by atoms with van der Waals surface area (Å²) in [7, 11) is 0. The van der Waals surface area contributed by atoms with Gasteiger partial charge in [0.1, 0.15) is 0 Å². The molecule has 0 saturated carbocycles. The fraction of sp³-hybridized carbons (Fsp3) is 0.571. The number of fused-ring (bicyclic) bond motifs is 3. The van der Waals surface area contributed by atoms with Crippen LogP contribution < -0.4 is 5.32 Å². The summed E-state index contributed by atoms with van der Waals surface area (Å²) in [6, 6.07) is 8.74. The smallest absolute Gasteiger partial charge is 0.0450 e. The first-order valence-electron chi connectivity index (χ1n) is 6.73. The maximum absolute atomic E-state index is 6.15. The Labute approximate surface area is 114 Å². The molecule has 0 aliphatic carbocycles. The van der Waals surface area contributed by atoms with Crippen molar-refractivity contribution in [3.05, 3.63) is 34.9 Å². The molecule has 3 aliphatic heterocycles. The van der Waals surface area contributed by atoms with Crippen LogP contribution in [0.1, 0.15) is 5.56 Å². The highest BCUT2D eigenvalue weighted by molar-refractivity contribution is 6.31. The molecule has 1 aromatic carbocycles. The lowest BCUT2D eigenvalue weighted by molar-refractivity contribution is 0.0136.